The van der Waals surface area contributed by atoms with E-state index >= 15 is 0 Å². The molecule has 6 heteroatoms. The Bertz CT molecular complexity index is 823. The van der Waals surface area contributed by atoms with E-state index in [1.807, 2.05) is 0 Å². The number of hydrogen-bond acceptors (Lipinski definition) is 4. The lowest BCUT2D eigenvalue weighted by Gasteiger charge is -2.35. The van der Waals surface area contributed by atoms with Crippen LogP contribution in [0, 0.1) is 0 Å². The number of hydrogen-bond donors (Lipinski definition) is 0. The molecule has 0 saturated carbocycles. The van der Waals surface area contributed by atoms with Crippen LogP contribution in [0.25, 0.3) is 0 Å². The minimum Gasteiger partial charge on any atom is -0.726 e. The first-order valence-corrected chi connectivity index (χ1v) is 29.9. The largest absolute Gasteiger partial charge is 0.726 e. The zero-order valence-corrected chi connectivity index (χ0v) is 44.4. The van der Waals surface area contributed by atoms with Gasteiger partial charge < -0.3 is 9.04 Å². The van der Waals surface area contributed by atoms with Gasteiger partial charge in [0.2, 0.25) is 10.4 Å². The SMILES string of the molecule is CCCCCCCCCCCCCCCCCC[N+](C)(CCCCCCCCCCCCCCCCCC)CCCCCCCCCCCCCCCCCC.COS(=O)(=O)[O-]. The molecule has 0 unspecified atom stereocenters. The number of rotatable bonds is 52. The zero-order chi connectivity index (χ0) is 45.8. The maximum Gasteiger partial charge on any atom is 0.217 e. The van der Waals surface area contributed by atoms with Crippen LogP contribution in [0.4, 0.5) is 0 Å². The Hall–Kier alpha value is -0.170. The lowest BCUT2D eigenvalue weighted by molar-refractivity contribution is -0.910. The minimum absolute atomic E-state index is 0.808. The third-order valence-electron chi connectivity index (χ3n) is 13.9. The fourth-order valence-corrected chi connectivity index (χ4v) is 9.46. The van der Waals surface area contributed by atoms with Crippen molar-refractivity contribution < 1.29 is 21.6 Å². The summed E-state index contributed by atoms with van der Waals surface area (Å²) in [4.78, 5) is 0. The van der Waals surface area contributed by atoms with Crippen LogP contribution in [0.2, 0.25) is 0 Å². The Balaban J connectivity index is 0. The van der Waals surface area contributed by atoms with E-state index in [0.717, 1.165) is 7.11 Å². The van der Waals surface area contributed by atoms with E-state index in [4.69, 9.17) is 0 Å². The van der Waals surface area contributed by atoms with Crippen molar-refractivity contribution in [3.63, 3.8) is 0 Å². The molecule has 0 fully saturated rings. The first-order chi connectivity index (χ1) is 30.2. The summed E-state index contributed by atoms with van der Waals surface area (Å²) in [6.07, 6.45) is 70.7. The maximum atomic E-state index is 9.22. The molecule has 0 N–H and O–H groups in total. The highest BCUT2D eigenvalue weighted by atomic mass is 32.3. The van der Waals surface area contributed by atoms with Crippen molar-refractivity contribution in [2.24, 2.45) is 0 Å². The van der Waals surface area contributed by atoms with E-state index < -0.39 is 10.4 Å². The average Bonchev–Trinajstić information content (AvgIpc) is 3.26. The lowest BCUT2D eigenvalue weighted by atomic mass is 10.0. The first kappa shape index (κ1) is 63.9. The van der Waals surface area contributed by atoms with Gasteiger partial charge in [-0.25, -0.2) is 8.42 Å². The molecule has 0 rings (SSSR count). The summed E-state index contributed by atoms with van der Waals surface area (Å²) in [6.45, 7) is 11.3. The van der Waals surface area contributed by atoms with Crippen LogP contribution in [0.5, 0.6) is 0 Å². The van der Waals surface area contributed by atoms with Gasteiger partial charge in [-0.1, -0.05) is 290 Å². The van der Waals surface area contributed by atoms with E-state index in [1.165, 1.54) is 332 Å². The topological polar surface area (TPSA) is 66.4 Å². The molecule has 0 heterocycles. The van der Waals surface area contributed by atoms with Gasteiger partial charge in [0.05, 0.1) is 33.8 Å². The highest BCUT2D eigenvalue weighted by molar-refractivity contribution is 7.80. The van der Waals surface area contributed by atoms with Crippen molar-refractivity contribution in [3.05, 3.63) is 0 Å². The third-order valence-corrected chi connectivity index (χ3v) is 14.3. The Kier molecular flexibility index (Phi) is 55.1. The van der Waals surface area contributed by atoms with E-state index in [2.05, 4.69) is 32.0 Å². The molecule has 0 atom stereocenters. The first-order valence-electron chi connectivity index (χ1n) is 28.6. The van der Waals surface area contributed by atoms with E-state index in [0.29, 0.717) is 0 Å². The van der Waals surface area contributed by atoms with Gasteiger partial charge in [0.15, 0.2) is 0 Å². The molecule has 5 nitrogen and oxygen atoms in total. The Morgan fingerprint density at radius 2 is 0.403 bits per heavy atom. The summed E-state index contributed by atoms with van der Waals surface area (Å²) >= 11 is 0. The molecule has 0 aliphatic heterocycles. The predicted octanol–water partition coefficient (Wildman–Crippen LogP) is 19.3. The maximum absolute atomic E-state index is 9.22. The van der Waals surface area contributed by atoms with Crippen molar-refractivity contribution in [2.45, 2.75) is 329 Å². The monoisotopic (exact) mass is 900 g/mol. The molecule has 0 aromatic rings. The van der Waals surface area contributed by atoms with Gasteiger partial charge >= 0.3 is 0 Å². The number of unbranched alkanes of at least 4 members (excludes halogenated alkanes) is 45. The highest BCUT2D eigenvalue weighted by Gasteiger charge is 2.20. The van der Waals surface area contributed by atoms with E-state index in [9.17, 15) is 13.0 Å². The molecular weight excluding hydrogens is 783 g/mol. The summed E-state index contributed by atoms with van der Waals surface area (Å²) < 4.78 is 32.4. The van der Waals surface area contributed by atoms with Gasteiger partial charge in [0.25, 0.3) is 0 Å². The molecule has 0 spiro atoms. The standard InChI is InChI=1S/C55H114N.CH4O4S/c1-5-8-11-14-17-20-23-26-29-32-35-38-41-44-47-50-53-56(4,54-51-48-45-42-39-36-33-30-27-24-21-18-15-12-9-6-2)55-52-49-46-43-40-37-34-31-28-25-22-19-16-13-10-7-3;1-5-6(2,3)4/h5-55H2,1-4H3;1H3,(H,2,3,4)/q+1;/p-1. The van der Waals surface area contributed by atoms with Gasteiger partial charge in [0, 0.05) is 0 Å². The predicted molar refractivity (Wildman–Crippen MR) is 276 cm³/mol. The summed E-state index contributed by atoms with van der Waals surface area (Å²) in [5.41, 5.74) is 0. The second-order valence-corrected chi connectivity index (χ2v) is 21.4. The molecule has 0 aliphatic rings. The molecular formula is C56H117NO4S. The molecule has 376 valence electrons. The van der Waals surface area contributed by atoms with Crippen molar-refractivity contribution in [3.8, 4) is 0 Å². The fraction of sp³-hybridized carbons (Fsp3) is 1.00. The van der Waals surface area contributed by atoms with Crippen LogP contribution < -0.4 is 0 Å². The summed E-state index contributed by atoms with van der Waals surface area (Å²) in [5.74, 6) is 0. The van der Waals surface area contributed by atoms with Crippen LogP contribution in [0.3, 0.4) is 0 Å². The smallest absolute Gasteiger partial charge is 0.217 e. The molecule has 0 aliphatic carbocycles. The second kappa shape index (κ2) is 53.4. The van der Waals surface area contributed by atoms with Gasteiger partial charge in [-0.2, -0.15) is 0 Å². The minimum atomic E-state index is -4.41. The van der Waals surface area contributed by atoms with E-state index in [1.54, 1.807) is 0 Å². The van der Waals surface area contributed by atoms with Crippen molar-refractivity contribution in [1.82, 2.24) is 0 Å². The summed E-state index contributed by atoms with van der Waals surface area (Å²) in [5, 5.41) is 0. The molecule has 0 bridgehead atoms. The average molecular weight is 901 g/mol. The zero-order valence-electron chi connectivity index (χ0n) is 43.6. The Labute approximate surface area is 393 Å². The molecule has 0 aromatic carbocycles. The number of nitrogens with zero attached hydrogens (tertiary/aromatic N) is 1. The number of quaternary nitrogens is 1. The molecule has 0 saturated heterocycles. The molecule has 0 radical (unpaired) electrons. The van der Waals surface area contributed by atoms with Crippen molar-refractivity contribution in [2.75, 3.05) is 33.8 Å². The van der Waals surface area contributed by atoms with Crippen LogP contribution in [0.15, 0.2) is 0 Å². The molecule has 0 amide bonds. The Morgan fingerprint density at radius 3 is 0.516 bits per heavy atom. The van der Waals surface area contributed by atoms with Crippen molar-refractivity contribution in [1.29, 1.82) is 0 Å². The quantitative estimate of drug-likeness (QED) is 0.0264. The van der Waals surface area contributed by atoms with Gasteiger partial charge in [-0.15, -0.1) is 0 Å². The molecule has 0 aromatic heterocycles. The van der Waals surface area contributed by atoms with Crippen molar-refractivity contribution >= 4 is 10.4 Å². The van der Waals surface area contributed by atoms with Gasteiger partial charge in [0.1, 0.15) is 0 Å². The second-order valence-electron chi connectivity index (χ2n) is 20.3. The van der Waals surface area contributed by atoms with Crippen LogP contribution in [-0.2, 0) is 14.6 Å². The van der Waals surface area contributed by atoms with Crippen LogP contribution >= 0.6 is 0 Å². The Morgan fingerprint density at radius 1 is 0.290 bits per heavy atom. The summed E-state index contributed by atoms with van der Waals surface area (Å²) in [7, 11) is -0.964. The van der Waals surface area contributed by atoms with Crippen LogP contribution in [0.1, 0.15) is 329 Å². The normalized spacial score (nSPS) is 12.0. The highest BCUT2D eigenvalue weighted by Crippen LogP contribution is 2.19. The van der Waals surface area contributed by atoms with Crippen LogP contribution in [-0.4, -0.2) is 51.2 Å². The fourth-order valence-electron chi connectivity index (χ4n) is 9.46. The van der Waals surface area contributed by atoms with E-state index in [-0.39, 0.29) is 0 Å². The summed E-state index contributed by atoms with van der Waals surface area (Å²) in [6, 6.07) is 0. The van der Waals surface area contributed by atoms with Gasteiger partial charge in [-0.05, 0) is 38.5 Å². The third kappa shape index (κ3) is 57.8. The lowest BCUT2D eigenvalue weighted by Crippen LogP contribution is -2.46. The molecule has 62 heavy (non-hydrogen) atoms. The van der Waals surface area contributed by atoms with Gasteiger partial charge in [-0.3, -0.25) is 4.18 Å².